The third kappa shape index (κ3) is 3.99. The summed E-state index contributed by atoms with van der Waals surface area (Å²) in [5, 5.41) is 49.3. The molecule has 15 heteroatoms. The molecule has 0 unspecified atom stereocenters. The molecule has 1 heterocycles. The van der Waals surface area contributed by atoms with Gasteiger partial charge in [0, 0.05) is 22.9 Å². The number of aliphatic hydroxyl groups is 3. The normalized spacial score (nSPS) is 28.7. The van der Waals surface area contributed by atoms with E-state index in [0.717, 1.165) is 0 Å². The minimum Gasteiger partial charge on any atom is -0.508 e. The zero-order valence-corrected chi connectivity index (χ0v) is 25.8. The highest BCUT2D eigenvalue weighted by Gasteiger charge is 2.72. The SMILES string of the molecule is Cc1noc(C)c1S(=O)(=O)NCc1ccc(O)c2c1C[C@@]1(C)C[C@@]3(C)[C@H](N(C)C)C(=O)C(C(N)=O)=C(O)[C@@]3(O)C(=O)C1=C2O. The zero-order valence-electron chi connectivity index (χ0n) is 25.0. The number of phenols is 1. The molecule has 5 rings (SSSR count). The number of carbonyl (C=O) groups excluding carboxylic acids is 3. The van der Waals surface area contributed by atoms with Crippen molar-refractivity contribution in [1.29, 1.82) is 0 Å². The molecule has 0 radical (unpaired) electrons. The summed E-state index contributed by atoms with van der Waals surface area (Å²) >= 11 is 0. The van der Waals surface area contributed by atoms with Crippen LogP contribution in [0.3, 0.4) is 0 Å². The number of fused-ring (bicyclic) bond motifs is 3. The van der Waals surface area contributed by atoms with Crippen LogP contribution < -0.4 is 10.5 Å². The number of nitrogens with one attached hydrogen (secondary N) is 1. The Hall–Kier alpha value is -4.05. The number of Topliss-reactive ketones (excluding diaryl/α,β-unsaturated/α-hetero) is 2. The molecule has 0 bridgehead atoms. The van der Waals surface area contributed by atoms with Gasteiger partial charge in [0.2, 0.25) is 15.8 Å². The van der Waals surface area contributed by atoms with Crippen molar-refractivity contribution >= 4 is 33.3 Å². The van der Waals surface area contributed by atoms with Gasteiger partial charge in [-0.1, -0.05) is 25.1 Å². The maximum absolute atomic E-state index is 14.3. The van der Waals surface area contributed by atoms with Crippen molar-refractivity contribution in [3.63, 3.8) is 0 Å². The number of aromatic hydroxyl groups is 1. The van der Waals surface area contributed by atoms with Crippen molar-refractivity contribution in [1.82, 2.24) is 14.8 Å². The number of hydrogen-bond acceptors (Lipinski definition) is 12. The van der Waals surface area contributed by atoms with E-state index in [9.17, 15) is 43.2 Å². The fourth-order valence-electron chi connectivity index (χ4n) is 7.65. The highest BCUT2D eigenvalue weighted by Crippen LogP contribution is 2.63. The molecule has 3 aliphatic rings. The van der Waals surface area contributed by atoms with E-state index in [1.54, 1.807) is 6.92 Å². The third-order valence-electron chi connectivity index (χ3n) is 9.30. The molecule has 0 spiro atoms. The maximum Gasteiger partial charge on any atom is 0.255 e. The first-order valence-electron chi connectivity index (χ1n) is 13.7. The van der Waals surface area contributed by atoms with Crippen molar-refractivity contribution in [2.75, 3.05) is 14.1 Å². The van der Waals surface area contributed by atoms with Crippen LogP contribution in [-0.2, 0) is 37.4 Å². The summed E-state index contributed by atoms with van der Waals surface area (Å²) in [6, 6.07) is 1.42. The first kappa shape index (κ1) is 31.4. The molecule has 0 saturated heterocycles. The number of aryl methyl sites for hydroxylation is 2. The number of rotatable bonds is 6. The van der Waals surface area contributed by atoms with Gasteiger partial charge in [0.15, 0.2) is 17.1 Å². The number of amides is 1. The molecule has 3 aliphatic carbocycles. The number of carbonyl (C=O) groups is 3. The number of sulfonamides is 1. The molecule has 0 aliphatic heterocycles. The molecule has 1 amide bonds. The maximum atomic E-state index is 14.3. The van der Waals surface area contributed by atoms with Crippen LogP contribution in [-0.4, -0.2) is 82.1 Å². The van der Waals surface area contributed by atoms with Crippen LogP contribution in [0, 0.1) is 24.7 Å². The zero-order chi connectivity index (χ0) is 32.9. The van der Waals surface area contributed by atoms with Gasteiger partial charge in [-0.25, -0.2) is 13.1 Å². The second-order valence-electron chi connectivity index (χ2n) is 12.5. The topological polar surface area (TPSA) is 234 Å². The van der Waals surface area contributed by atoms with Gasteiger partial charge in [-0.15, -0.1) is 0 Å². The van der Waals surface area contributed by atoms with Crippen LogP contribution in [0.2, 0.25) is 0 Å². The third-order valence-corrected chi connectivity index (χ3v) is 10.9. The predicted molar refractivity (Wildman–Crippen MR) is 153 cm³/mol. The largest absolute Gasteiger partial charge is 0.508 e. The molecular weight excluding hydrogens is 596 g/mol. The highest BCUT2D eigenvalue weighted by molar-refractivity contribution is 7.89. The van der Waals surface area contributed by atoms with E-state index in [1.165, 1.54) is 51.9 Å². The van der Waals surface area contributed by atoms with Crippen LogP contribution >= 0.6 is 0 Å². The molecule has 1 saturated carbocycles. The van der Waals surface area contributed by atoms with Gasteiger partial charge in [-0.3, -0.25) is 19.3 Å². The highest BCUT2D eigenvalue weighted by atomic mass is 32.2. The number of likely N-dealkylation sites (N-methyl/N-ethyl adjacent to an activating group) is 1. The molecule has 2 aromatic rings. The average Bonchev–Trinajstić information content (AvgIpc) is 3.23. The quantitative estimate of drug-likeness (QED) is 0.244. The second-order valence-corrected chi connectivity index (χ2v) is 14.2. The van der Waals surface area contributed by atoms with Crippen molar-refractivity contribution in [3.05, 3.63) is 57.2 Å². The van der Waals surface area contributed by atoms with Crippen molar-refractivity contribution in [2.45, 2.75) is 63.6 Å². The summed E-state index contributed by atoms with van der Waals surface area (Å²) in [7, 11) is -1.06. The molecule has 7 N–H and O–H groups in total. The number of ketones is 2. The standard InChI is InChI=1S/C29H34N4O10S/c1-12-22(13(2)43-32-12)44(41,42)31-10-14-7-8-16(34)17-15(14)9-27(3)11-28(4)23(33(5)6)21(36)18(26(30)39)24(37)29(28,40)25(38)19(27)20(17)35/h7-8,23,31,34-35,37,40H,9-11H2,1-6H3,(H2,30,39)/t23-,27+,28+,29-/m1/s1. The van der Waals surface area contributed by atoms with Gasteiger partial charge in [0.05, 0.1) is 11.6 Å². The fourth-order valence-corrected chi connectivity index (χ4v) is 8.98. The van der Waals surface area contributed by atoms with Crippen LogP contribution in [0.1, 0.15) is 48.4 Å². The summed E-state index contributed by atoms with van der Waals surface area (Å²) in [6.45, 7) is 5.75. The number of aliphatic hydroxyl groups excluding tert-OH is 2. The number of nitrogens with zero attached hydrogens (tertiary/aromatic N) is 2. The Balaban J connectivity index is 1.68. The van der Waals surface area contributed by atoms with Gasteiger partial charge in [0.1, 0.15) is 33.4 Å². The lowest BCUT2D eigenvalue weighted by molar-refractivity contribution is -0.176. The first-order chi connectivity index (χ1) is 20.2. The number of hydrogen-bond donors (Lipinski definition) is 6. The smallest absolute Gasteiger partial charge is 0.255 e. The van der Waals surface area contributed by atoms with Gasteiger partial charge >= 0.3 is 0 Å². The number of phenolic OH excluding ortho intramolecular Hbond substituents is 1. The van der Waals surface area contributed by atoms with E-state index in [1.807, 2.05) is 0 Å². The van der Waals surface area contributed by atoms with Crippen LogP contribution in [0.4, 0.5) is 0 Å². The molecule has 1 aromatic heterocycles. The number of primary amides is 1. The van der Waals surface area contributed by atoms with Gasteiger partial charge < -0.3 is 30.7 Å². The molecule has 44 heavy (non-hydrogen) atoms. The monoisotopic (exact) mass is 630 g/mol. The number of aromatic nitrogens is 1. The summed E-state index contributed by atoms with van der Waals surface area (Å²) in [6.07, 6.45) is -0.191. The second kappa shape index (κ2) is 9.72. The average molecular weight is 631 g/mol. The molecular formula is C29H34N4O10S. The first-order valence-corrected chi connectivity index (χ1v) is 15.1. The molecule has 14 nitrogen and oxygen atoms in total. The van der Waals surface area contributed by atoms with Crippen LogP contribution in [0.15, 0.2) is 38.5 Å². The minimum atomic E-state index is -4.09. The summed E-state index contributed by atoms with van der Waals surface area (Å²) in [4.78, 5) is 41.4. The Kier molecular flexibility index (Phi) is 6.93. The lowest BCUT2D eigenvalue weighted by Crippen LogP contribution is -2.72. The number of nitrogens with two attached hydrogens (primary N) is 1. The van der Waals surface area contributed by atoms with Crippen LogP contribution in [0.25, 0.3) is 5.76 Å². The lowest BCUT2D eigenvalue weighted by Gasteiger charge is -2.59. The summed E-state index contributed by atoms with van der Waals surface area (Å²) in [5.74, 6) is -5.56. The van der Waals surface area contributed by atoms with Gasteiger partial charge in [-0.05, 0) is 58.0 Å². The Morgan fingerprint density at radius 2 is 1.82 bits per heavy atom. The van der Waals surface area contributed by atoms with E-state index < -0.39 is 72.8 Å². The van der Waals surface area contributed by atoms with E-state index in [4.69, 9.17) is 10.3 Å². The Morgan fingerprint density at radius 1 is 1.18 bits per heavy atom. The van der Waals surface area contributed by atoms with Gasteiger partial charge in [0.25, 0.3) is 5.91 Å². The Labute approximate surface area is 252 Å². The van der Waals surface area contributed by atoms with Crippen molar-refractivity contribution in [2.24, 2.45) is 16.6 Å². The van der Waals surface area contributed by atoms with E-state index >= 15 is 0 Å². The molecule has 4 atom stereocenters. The minimum absolute atomic E-state index is 0.0303. The van der Waals surface area contributed by atoms with E-state index in [2.05, 4.69) is 9.88 Å². The Morgan fingerprint density at radius 3 is 2.36 bits per heavy atom. The van der Waals surface area contributed by atoms with Crippen LogP contribution in [0.5, 0.6) is 5.75 Å². The predicted octanol–water partition coefficient (Wildman–Crippen LogP) is 0.828. The lowest BCUT2D eigenvalue weighted by atomic mass is 9.46. The molecule has 1 fully saturated rings. The van der Waals surface area contributed by atoms with Crippen molar-refractivity contribution in [3.8, 4) is 5.75 Å². The number of benzene rings is 1. The molecule has 1 aromatic carbocycles. The Bertz CT molecular complexity index is 1820. The summed E-state index contributed by atoms with van der Waals surface area (Å²) < 4.78 is 33.7. The fraction of sp³-hybridized carbons (Fsp3) is 0.448. The molecule has 236 valence electrons. The van der Waals surface area contributed by atoms with E-state index in [0.29, 0.717) is 11.1 Å². The van der Waals surface area contributed by atoms with Crippen molar-refractivity contribution < 1.29 is 47.8 Å². The van der Waals surface area contributed by atoms with E-state index in [-0.39, 0.29) is 46.9 Å². The van der Waals surface area contributed by atoms with Gasteiger partial charge in [-0.2, -0.15) is 0 Å². The summed E-state index contributed by atoms with van der Waals surface area (Å²) in [5.41, 5.74) is -0.973.